The Bertz CT molecular complexity index is 858. The number of quaternary nitrogens is 1. The Hall–Kier alpha value is -1.18. The fourth-order valence-corrected chi connectivity index (χ4v) is 6.25. The quantitative estimate of drug-likeness (QED) is 0.0156. The summed E-state index contributed by atoms with van der Waals surface area (Å²) >= 11 is 0. The Morgan fingerprint density at radius 1 is 0.620 bits per heavy atom. The Kier molecular flexibility index (Phi) is 34.1. The van der Waals surface area contributed by atoms with Crippen molar-refractivity contribution in [1.29, 1.82) is 0 Å². The van der Waals surface area contributed by atoms with Gasteiger partial charge >= 0.3 is 5.97 Å². The molecule has 0 aliphatic carbocycles. The molecule has 0 saturated heterocycles. The molecule has 0 amide bonds. The monoisotopic (exact) mass is 730 g/mol. The molecule has 0 aromatic rings. The zero-order valence-electron chi connectivity index (χ0n) is 33.4. The van der Waals surface area contributed by atoms with Crippen LogP contribution in [0, 0.1) is 0 Å². The highest BCUT2D eigenvalue weighted by atomic mass is 31.2. The van der Waals surface area contributed by atoms with Crippen LogP contribution < -0.4 is 4.89 Å². The first kappa shape index (κ1) is 48.8. The molecule has 0 heterocycles. The molecule has 2 unspecified atom stereocenters. The molecule has 0 aromatic carbocycles. The SMILES string of the molecule is CCCCCCCC/C=C\CCCCCC/C=C\OC(COC(=O)CCCCCCCCCCCCCC)COP(=O)([O-])OCC[N+](C)(C)C. The minimum Gasteiger partial charge on any atom is -0.756 e. The third-order valence-electron chi connectivity index (χ3n) is 8.84. The lowest BCUT2D eigenvalue weighted by atomic mass is 10.0. The second-order valence-electron chi connectivity index (χ2n) is 15.1. The molecule has 296 valence electrons. The van der Waals surface area contributed by atoms with Gasteiger partial charge in [0.05, 0.1) is 34.0 Å². The van der Waals surface area contributed by atoms with Gasteiger partial charge in [-0.05, 0) is 51.0 Å². The van der Waals surface area contributed by atoms with Gasteiger partial charge in [-0.3, -0.25) is 9.36 Å². The van der Waals surface area contributed by atoms with E-state index in [-0.39, 0.29) is 25.8 Å². The predicted octanol–water partition coefficient (Wildman–Crippen LogP) is 11.4. The van der Waals surface area contributed by atoms with Crippen molar-refractivity contribution in [2.45, 2.75) is 187 Å². The molecule has 2 atom stereocenters. The van der Waals surface area contributed by atoms with Crippen LogP contribution >= 0.6 is 7.82 Å². The number of ether oxygens (including phenoxy) is 2. The number of esters is 1. The van der Waals surface area contributed by atoms with Crippen LogP contribution in [0.4, 0.5) is 0 Å². The Balaban J connectivity index is 4.33. The number of carbonyl (C=O) groups is 1. The molecular weight excluding hydrogens is 649 g/mol. The Morgan fingerprint density at radius 2 is 1.06 bits per heavy atom. The second-order valence-corrected chi connectivity index (χ2v) is 16.5. The Labute approximate surface area is 309 Å². The number of hydrogen-bond acceptors (Lipinski definition) is 7. The van der Waals surface area contributed by atoms with Crippen molar-refractivity contribution in [3.05, 3.63) is 24.5 Å². The van der Waals surface area contributed by atoms with E-state index in [2.05, 4.69) is 26.0 Å². The highest BCUT2D eigenvalue weighted by Crippen LogP contribution is 2.38. The molecule has 50 heavy (non-hydrogen) atoms. The highest BCUT2D eigenvalue weighted by molar-refractivity contribution is 7.45. The van der Waals surface area contributed by atoms with Gasteiger partial charge in [0.2, 0.25) is 0 Å². The summed E-state index contributed by atoms with van der Waals surface area (Å²) in [5.74, 6) is -0.295. The highest BCUT2D eigenvalue weighted by Gasteiger charge is 2.19. The van der Waals surface area contributed by atoms with Gasteiger partial charge in [0.15, 0.2) is 6.10 Å². The average Bonchev–Trinajstić information content (AvgIpc) is 3.06. The minimum absolute atomic E-state index is 0.0270. The van der Waals surface area contributed by atoms with Crippen LogP contribution in [-0.4, -0.2) is 64.1 Å². The van der Waals surface area contributed by atoms with Crippen LogP contribution in [0.25, 0.3) is 0 Å². The molecule has 8 nitrogen and oxygen atoms in total. The molecule has 9 heteroatoms. The zero-order chi connectivity index (χ0) is 37.0. The number of likely N-dealkylation sites (N-methyl/N-ethyl adjacent to an activating group) is 1. The van der Waals surface area contributed by atoms with E-state index in [0.717, 1.165) is 44.9 Å². The van der Waals surface area contributed by atoms with Gasteiger partial charge in [0, 0.05) is 6.42 Å². The van der Waals surface area contributed by atoms with E-state index in [4.69, 9.17) is 18.5 Å². The molecule has 0 radical (unpaired) electrons. The van der Waals surface area contributed by atoms with Gasteiger partial charge in [-0.25, -0.2) is 0 Å². The van der Waals surface area contributed by atoms with Crippen LogP contribution in [0.15, 0.2) is 24.5 Å². The maximum Gasteiger partial charge on any atom is 0.305 e. The Morgan fingerprint density at radius 3 is 1.54 bits per heavy atom. The summed E-state index contributed by atoms with van der Waals surface area (Å²) in [7, 11) is 1.36. The van der Waals surface area contributed by atoms with Crippen molar-refractivity contribution in [2.24, 2.45) is 0 Å². The molecule has 0 spiro atoms. The molecule has 0 N–H and O–H groups in total. The van der Waals surface area contributed by atoms with Crippen LogP contribution in [0.5, 0.6) is 0 Å². The first-order chi connectivity index (χ1) is 24.1. The number of rotatable bonds is 38. The van der Waals surface area contributed by atoms with E-state index in [1.807, 2.05) is 27.2 Å². The molecule has 0 bridgehead atoms. The summed E-state index contributed by atoms with van der Waals surface area (Å²) in [5, 5.41) is 0. The van der Waals surface area contributed by atoms with Crippen LogP contribution in [0.2, 0.25) is 0 Å². The van der Waals surface area contributed by atoms with Crippen molar-refractivity contribution < 1.29 is 37.3 Å². The summed E-state index contributed by atoms with van der Waals surface area (Å²) in [6.07, 6.45) is 38.5. The molecule has 0 rings (SSSR count). The van der Waals surface area contributed by atoms with Crippen LogP contribution in [0.1, 0.15) is 181 Å². The van der Waals surface area contributed by atoms with Crippen molar-refractivity contribution in [3.8, 4) is 0 Å². The molecule has 0 fully saturated rings. The van der Waals surface area contributed by atoms with Gasteiger partial charge in [-0.2, -0.15) is 0 Å². The summed E-state index contributed by atoms with van der Waals surface area (Å²) in [5.41, 5.74) is 0. The van der Waals surface area contributed by atoms with Crippen molar-refractivity contribution >= 4 is 13.8 Å². The lowest BCUT2D eigenvalue weighted by molar-refractivity contribution is -0.870. The number of phosphoric acid groups is 1. The van der Waals surface area contributed by atoms with Crippen molar-refractivity contribution in [3.63, 3.8) is 0 Å². The maximum atomic E-state index is 12.4. The van der Waals surface area contributed by atoms with E-state index >= 15 is 0 Å². The normalized spacial score (nSPS) is 14.0. The standard InChI is InChI=1S/C41H80NO7P/c1-6-8-10-12-14-16-18-20-21-22-23-25-27-29-31-33-36-46-40(39-49-50(44,45)48-37-35-42(3,4)5)38-47-41(43)34-32-30-28-26-24-19-17-15-13-11-9-7-2/h20-21,33,36,40H,6-19,22-32,34-35,37-39H2,1-5H3/b21-20-,36-33-. The van der Waals surface area contributed by atoms with Gasteiger partial charge in [-0.15, -0.1) is 0 Å². The summed E-state index contributed by atoms with van der Waals surface area (Å²) in [6.45, 7) is 4.69. The van der Waals surface area contributed by atoms with Crippen LogP contribution in [-0.2, 0) is 27.9 Å². The van der Waals surface area contributed by atoms with E-state index < -0.39 is 13.9 Å². The largest absolute Gasteiger partial charge is 0.756 e. The van der Waals surface area contributed by atoms with Gasteiger partial charge < -0.3 is 27.9 Å². The molecule has 0 aromatic heterocycles. The fourth-order valence-electron chi connectivity index (χ4n) is 5.52. The second kappa shape index (κ2) is 34.9. The average molecular weight is 730 g/mol. The number of hydrogen-bond donors (Lipinski definition) is 0. The third-order valence-corrected chi connectivity index (χ3v) is 9.81. The van der Waals surface area contributed by atoms with E-state index in [9.17, 15) is 14.3 Å². The summed E-state index contributed by atoms with van der Waals surface area (Å²) in [4.78, 5) is 24.7. The first-order valence-electron chi connectivity index (χ1n) is 20.6. The van der Waals surface area contributed by atoms with E-state index in [0.29, 0.717) is 17.4 Å². The van der Waals surface area contributed by atoms with E-state index in [1.165, 1.54) is 116 Å². The molecular formula is C41H80NO7P. The fraction of sp³-hybridized carbons (Fsp3) is 0.878. The number of carbonyl (C=O) groups excluding carboxylic acids is 1. The lowest BCUT2D eigenvalue weighted by Crippen LogP contribution is -2.37. The van der Waals surface area contributed by atoms with Gasteiger partial charge in [-0.1, -0.05) is 142 Å². The number of allylic oxidation sites excluding steroid dienone is 3. The van der Waals surface area contributed by atoms with Crippen molar-refractivity contribution in [1.82, 2.24) is 0 Å². The van der Waals surface area contributed by atoms with Crippen LogP contribution in [0.3, 0.4) is 0 Å². The third kappa shape index (κ3) is 38.1. The number of phosphoric ester groups is 1. The maximum absolute atomic E-state index is 12.4. The van der Waals surface area contributed by atoms with Gasteiger partial charge in [0.1, 0.15) is 19.8 Å². The summed E-state index contributed by atoms with van der Waals surface area (Å²) in [6, 6.07) is 0. The smallest absolute Gasteiger partial charge is 0.305 e. The zero-order valence-corrected chi connectivity index (χ0v) is 34.2. The topological polar surface area (TPSA) is 94.1 Å². The first-order valence-corrected chi connectivity index (χ1v) is 22.1. The minimum atomic E-state index is -4.51. The number of unbranched alkanes of at least 4 members (excludes halogenated alkanes) is 22. The molecule has 0 aliphatic heterocycles. The molecule has 0 aliphatic rings. The summed E-state index contributed by atoms with van der Waals surface area (Å²) < 4.78 is 34.3. The van der Waals surface area contributed by atoms with Gasteiger partial charge in [0.25, 0.3) is 7.82 Å². The van der Waals surface area contributed by atoms with Crippen molar-refractivity contribution in [2.75, 3.05) is 47.5 Å². The van der Waals surface area contributed by atoms with E-state index in [1.54, 1.807) is 6.26 Å². The lowest BCUT2D eigenvalue weighted by Gasteiger charge is -2.28. The number of nitrogens with zero attached hydrogens (tertiary/aromatic N) is 1. The molecule has 0 saturated carbocycles. The predicted molar refractivity (Wildman–Crippen MR) is 208 cm³/mol.